The predicted molar refractivity (Wildman–Crippen MR) is 64.4 cm³/mol. The molecule has 1 aromatic carbocycles. The van der Waals surface area contributed by atoms with Crippen LogP contribution in [-0.2, 0) is 0 Å². The molecule has 4 nitrogen and oxygen atoms in total. The van der Waals surface area contributed by atoms with Crippen LogP contribution < -0.4 is 24.0 Å². The molecule has 0 aliphatic carbocycles. The minimum atomic E-state index is -0.0868. The summed E-state index contributed by atoms with van der Waals surface area (Å²) in [6.07, 6.45) is 3.82. The lowest BCUT2D eigenvalue weighted by atomic mass is 10.3. The summed E-state index contributed by atoms with van der Waals surface area (Å²) in [6, 6.07) is 7.40. The fourth-order valence-corrected chi connectivity index (χ4v) is 1.63. The summed E-state index contributed by atoms with van der Waals surface area (Å²) >= 11 is 5.99. The molecule has 0 radical (unpaired) electrons. The second-order valence-corrected chi connectivity index (χ2v) is 4.05. The van der Waals surface area contributed by atoms with Crippen LogP contribution >= 0.6 is 11.6 Å². The van der Waals surface area contributed by atoms with Gasteiger partial charge >= 0.3 is 0 Å². The van der Waals surface area contributed by atoms with Crippen LogP contribution in [0.15, 0.2) is 46.9 Å². The molecule has 1 aliphatic heterocycles. The summed E-state index contributed by atoms with van der Waals surface area (Å²) in [5.41, 5.74) is 0.692. The van der Waals surface area contributed by atoms with Crippen LogP contribution in [0.4, 0.5) is 5.69 Å². The van der Waals surface area contributed by atoms with Crippen molar-refractivity contribution in [3.63, 3.8) is 0 Å². The molecule has 1 aliphatic rings. The zero-order valence-electron chi connectivity index (χ0n) is 9.59. The SMILES string of the molecule is CN1C=CN(C)C1N=Nc1ccccc1Cl.[I-]. The quantitative estimate of drug-likeness (QED) is 0.550. The van der Waals surface area contributed by atoms with Gasteiger partial charge < -0.3 is 33.8 Å². The molecular weight excluding hydrogens is 351 g/mol. The van der Waals surface area contributed by atoms with Gasteiger partial charge in [0.2, 0.25) is 6.29 Å². The number of azo groups is 1. The smallest absolute Gasteiger partial charge is 0.217 e. The van der Waals surface area contributed by atoms with E-state index in [0.717, 1.165) is 0 Å². The molecule has 2 rings (SSSR count). The van der Waals surface area contributed by atoms with Crippen LogP contribution in [0.25, 0.3) is 0 Å². The van der Waals surface area contributed by atoms with E-state index in [-0.39, 0.29) is 30.3 Å². The van der Waals surface area contributed by atoms with Gasteiger partial charge in [0, 0.05) is 26.5 Å². The fourth-order valence-electron chi connectivity index (χ4n) is 1.46. The lowest BCUT2D eigenvalue weighted by Gasteiger charge is -2.21. The Morgan fingerprint density at radius 2 is 1.71 bits per heavy atom. The summed E-state index contributed by atoms with van der Waals surface area (Å²) in [7, 11) is 3.91. The molecule has 0 bridgehead atoms. The molecule has 0 spiro atoms. The molecule has 1 aromatic rings. The summed E-state index contributed by atoms with van der Waals surface area (Å²) in [4.78, 5) is 3.95. The maximum Gasteiger partial charge on any atom is 0.217 e. The maximum absolute atomic E-state index is 5.99. The molecule has 0 N–H and O–H groups in total. The van der Waals surface area contributed by atoms with Gasteiger partial charge in [-0.3, -0.25) is 0 Å². The van der Waals surface area contributed by atoms with Gasteiger partial charge in [0.25, 0.3) is 0 Å². The number of benzene rings is 1. The third kappa shape index (κ3) is 3.32. The van der Waals surface area contributed by atoms with Crippen molar-refractivity contribution in [2.75, 3.05) is 14.1 Å². The Bertz CT molecular complexity index is 423. The molecule has 1 heterocycles. The van der Waals surface area contributed by atoms with Gasteiger partial charge in [-0.1, -0.05) is 23.7 Å². The average Bonchev–Trinajstić information content (AvgIpc) is 2.58. The van der Waals surface area contributed by atoms with E-state index < -0.39 is 0 Å². The number of rotatable bonds is 2. The molecule has 17 heavy (non-hydrogen) atoms. The number of nitrogens with zero attached hydrogens (tertiary/aromatic N) is 4. The first-order chi connectivity index (χ1) is 7.68. The number of halogens is 2. The highest BCUT2D eigenvalue weighted by atomic mass is 127. The van der Waals surface area contributed by atoms with Crippen LogP contribution in [0.3, 0.4) is 0 Å². The lowest BCUT2D eigenvalue weighted by molar-refractivity contribution is -0.00000330. The third-order valence-corrected chi connectivity index (χ3v) is 2.71. The molecule has 0 aromatic heterocycles. The average molecular weight is 364 g/mol. The highest BCUT2D eigenvalue weighted by molar-refractivity contribution is 6.32. The van der Waals surface area contributed by atoms with E-state index in [0.29, 0.717) is 10.7 Å². The minimum absolute atomic E-state index is 0. The van der Waals surface area contributed by atoms with Crippen molar-refractivity contribution in [3.05, 3.63) is 41.7 Å². The van der Waals surface area contributed by atoms with E-state index in [4.69, 9.17) is 11.6 Å². The van der Waals surface area contributed by atoms with Crippen LogP contribution in [0.2, 0.25) is 5.02 Å². The summed E-state index contributed by atoms with van der Waals surface area (Å²) in [5, 5.41) is 9.02. The van der Waals surface area contributed by atoms with Gasteiger partial charge in [-0.25, -0.2) is 0 Å². The van der Waals surface area contributed by atoms with E-state index in [1.165, 1.54) is 0 Å². The topological polar surface area (TPSA) is 31.2 Å². The normalized spacial score (nSPS) is 15.7. The molecule has 6 heteroatoms. The molecule has 0 amide bonds. The van der Waals surface area contributed by atoms with Crippen molar-refractivity contribution in [1.82, 2.24) is 9.80 Å². The largest absolute Gasteiger partial charge is 1.00 e. The first-order valence-corrected chi connectivity index (χ1v) is 5.34. The molecule has 0 atom stereocenters. The predicted octanol–water partition coefficient (Wildman–Crippen LogP) is 0.0597. The van der Waals surface area contributed by atoms with Crippen molar-refractivity contribution >= 4 is 17.3 Å². The van der Waals surface area contributed by atoms with Crippen molar-refractivity contribution < 1.29 is 24.0 Å². The monoisotopic (exact) mass is 363 g/mol. The van der Waals surface area contributed by atoms with E-state index >= 15 is 0 Å². The van der Waals surface area contributed by atoms with E-state index in [1.54, 1.807) is 6.07 Å². The summed E-state index contributed by atoms with van der Waals surface area (Å²) in [5.74, 6) is 0. The van der Waals surface area contributed by atoms with Crippen LogP contribution in [0.1, 0.15) is 0 Å². The van der Waals surface area contributed by atoms with Gasteiger partial charge in [-0.15, -0.1) is 5.11 Å². The summed E-state index contributed by atoms with van der Waals surface area (Å²) < 4.78 is 0. The van der Waals surface area contributed by atoms with E-state index in [9.17, 15) is 0 Å². The molecule has 0 saturated carbocycles. The van der Waals surface area contributed by atoms with E-state index in [1.807, 2.05) is 54.5 Å². The van der Waals surface area contributed by atoms with Crippen molar-refractivity contribution in [2.24, 2.45) is 10.2 Å². The highest BCUT2D eigenvalue weighted by Gasteiger charge is 2.19. The number of hydrogen-bond donors (Lipinski definition) is 0. The Kier molecular flexibility index (Phi) is 5.20. The van der Waals surface area contributed by atoms with Crippen LogP contribution in [0.5, 0.6) is 0 Å². The Labute approximate surface area is 123 Å². The molecule has 0 fully saturated rings. The first kappa shape index (κ1) is 14.2. The van der Waals surface area contributed by atoms with Gasteiger partial charge in [0.1, 0.15) is 5.69 Å². The Balaban J connectivity index is 0.00000144. The molecule has 0 saturated heterocycles. The van der Waals surface area contributed by atoms with Crippen molar-refractivity contribution in [2.45, 2.75) is 6.29 Å². The van der Waals surface area contributed by atoms with Crippen LogP contribution in [-0.4, -0.2) is 30.2 Å². The first-order valence-electron chi connectivity index (χ1n) is 4.96. The second kappa shape index (κ2) is 6.20. The van der Waals surface area contributed by atoms with E-state index in [2.05, 4.69) is 10.2 Å². The molecular formula is C11H13ClIN4-. The zero-order valence-corrected chi connectivity index (χ0v) is 12.5. The third-order valence-electron chi connectivity index (χ3n) is 2.39. The molecule has 92 valence electrons. The highest BCUT2D eigenvalue weighted by Crippen LogP contribution is 2.25. The number of hydrogen-bond acceptors (Lipinski definition) is 4. The second-order valence-electron chi connectivity index (χ2n) is 3.64. The fraction of sp³-hybridized carbons (Fsp3) is 0.273. The van der Waals surface area contributed by atoms with Crippen molar-refractivity contribution in [1.29, 1.82) is 0 Å². The van der Waals surface area contributed by atoms with Gasteiger partial charge in [0.05, 0.1) is 5.02 Å². The van der Waals surface area contributed by atoms with Gasteiger partial charge in [-0.2, -0.15) is 5.11 Å². The van der Waals surface area contributed by atoms with Crippen molar-refractivity contribution in [3.8, 4) is 0 Å². The Hall–Kier alpha value is -0.820. The Morgan fingerprint density at radius 1 is 1.12 bits per heavy atom. The standard InChI is InChI=1S/C11H13ClN4.HI/c1-15-7-8-16(2)11(15)14-13-10-6-4-3-5-9(10)12;/h3-8,11H,1-2H3;1H/p-1. The molecule has 0 unspecified atom stereocenters. The minimum Gasteiger partial charge on any atom is -1.00 e. The summed E-state index contributed by atoms with van der Waals surface area (Å²) in [6.45, 7) is 0. The zero-order chi connectivity index (χ0) is 11.5. The lowest BCUT2D eigenvalue weighted by Crippen LogP contribution is -3.00. The van der Waals surface area contributed by atoms with Gasteiger partial charge in [-0.05, 0) is 12.1 Å². The Morgan fingerprint density at radius 3 is 2.29 bits per heavy atom. The maximum atomic E-state index is 5.99. The van der Waals surface area contributed by atoms with Crippen LogP contribution in [0, 0.1) is 0 Å². The van der Waals surface area contributed by atoms with Gasteiger partial charge in [0.15, 0.2) is 0 Å².